The number of amides is 1. The molecule has 0 spiro atoms. The van der Waals surface area contributed by atoms with Crippen LogP contribution in [0.2, 0.25) is 10.0 Å². The van der Waals surface area contributed by atoms with Crippen molar-refractivity contribution in [3.8, 4) is 16.9 Å². The molecule has 4 nitrogen and oxygen atoms in total. The largest absolute Gasteiger partial charge is 0.368 e. The Kier molecular flexibility index (Phi) is 6.59. The van der Waals surface area contributed by atoms with Crippen molar-refractivity contribution in [3.05, 3.63) is 106 Å². The molecule has 0 atom stereocenters. The maximum atomic E-state index is 13.7. The van der Waals surface area contributed by atoms with Gasteiger partial charge in [-0.1, -0.05) is 59.1 Å². The van der Waals surface area contributed by atoms with Gasteiger partial charge in [-0.05, 0) is 67.9 Å². The lowest BCUT2D eigenvalue weighted by molar-refractivity contribution is 0.0746. The molecule has 0 saturated carbocycles. The van der Waals surface area contributed by atoms with Crippen LogP contribution in [0, 0.1) is 13.8 Å². The van der Waals surface area contributed by atoms with Crippen LogP contribution >= 0.6 is 23.2 Å². The highest BCUT2D eigenvalue weighted by molar-refractivity contribution is 6.31. The summed E-state index contributed by atoms with van der Waals surface area (Å²) in [6.07, 6.45) is 0. The second-order valence-corrected chi connectivity index (χ2v) is 9.84. The Balaban J connectivity index is 1.45. The van der Waals surface area contributed by atoms with Gasteiger partial charge in [-0.25, -0.2) is 0 Å². The number of anilines is 1. The van der Waals surface area contributed by atoms with E-state index in [9.17, 15) is 4.79 Å². The highest BCUT2D eigenvalue weighted by Gasteiger charge is 2.27. The molecular formula is C29H27Cl2N3O. The van der Waals surface area contributed by atoms with E-state index >= 15 is 0 Å². The van der Waals surface area contributed by atoms with Gasteiger partial charge in [0.1, 0.15) is 0 Å². The minimum atomic E-state index is 0.0642. The Bertz CT molecular complexity index is 1350. The summed E-state index contributed by atoms with van der Waals surface area (Å²) in [4.78, 5) is 17.9. The monoisotopic (exact) mass is 503 g/mol. The Hall–Kier alpha value is -3.21. The summed E-state index contributed by atoms with van der Waals surface area (Å²) in [5, 5.41) is 1.41. The smallest absolute Gasteiger partial charge is 0.255 e. The van der Waals surface area contributed by atoms with Crippen LogP contribution in [0.1, 0.15) is 21.6 Å². The molecule has 0 bridgehead atoms. The standard InChI is InChI=1S/C29H27Cl2N3O/c1-20-6-12-25(13-7-20)34-21(2)27(19-28(34)22-8-10-23(30)11-9-22)29(35)33-16-14-32(15-17-33)26-5-3-4-24(31)18-26/h3-13,18-19H,14-17H2,1-2H3. The molecule has 0 N–H and O–H groups in total. The summed E-state index contributed by atoms with van der Waals surface area (Å²) in [7, 11) is 0. The van der Waals surface area contributed by atoms with Crippen molar-refractivity contribution in [1.29, 1.82) is 0 Å². The lowest BCUT2D eigenvalue weighted by atomic mass is 10.1. The average molecular weight is 504 g/mol. The molecule has 1 aliphatic rings. The Labute approximate surface area is 216 Å². The van der Waals surface area contributed by atoms with E-state index < -0.39 is 0 Å². The zero-order valence-corrected chi connectivity index (χ0v) is 21.4. The number of rotatable bonds is 4. The van der Waals surface area contributed by atoms with Crippen molar-refractivity contribution in [3.63, 3.8) is 0 Å². The molecule has 1 aliphatic heterocycles. The van der Waals surface area contributed by atoms with E-state index in [0.29, 0.717) is 18.1 Å². The number of hydrogen-bond acceptors (Lipinski definition) is 2. The normalized spacial score (nSPS) is 13.8. The van der Waals surface area contributed by atoms with E-state index in [1.165, 1.54) is 5.56 Å². The third-order valence-electron chi connectivity index (χ3n) is 6.65. The second kappa shape index (κ2) is 9.80. The van der Waals surface area contributed by atoms with Crippen molar-refractivity contribution in [1.82, 2.24) is 9.47 Å². The molecule has 0 aliphatic carbocycles. The summed E-state index contributed by atoms with van der Waals surface area (Å²) in [6, 6.07) is 26.0. The Morgan fingerprint density at radius 2 is 1.43 bits per heavy atom. The lowest BCUT2D eigenvalue weighted by Gasteiger charge is -2.36. The zero-order chi connectivity index (χ0) is 24.5. The van der Waals surface area contributed by atoms with Crippen LogP contribution in [0.25, 0.3) is 16.9 Å². The third kappa shape index (κ3) is 4.82. The van der Waals surface area contributed by atoms with Crippen LogP contribution in [-0.4, -0.2) is 41.6 Å². The lowest BCUT2D eigenvalue weighted by Crippen LogP contribution is -2.48. The fourth-order valence-corrected chi connectivity index (χ4v) is 5.00. The minimum Gasteiger partial charge on any atom is -0.368 e. The van der Waals surface area contributed by atoms with Crippen LogP contribution in [-0.2, 0) is 0 Å². The summed E-state index contributed by atoms with van der Waals surface area (Å²) < 4.78 is 2.16. The second-order valence-electron chi connectivity index (χ2n) is 8.97. The first kappa shape index (κ1) is 23.5. The Morgan fingerprint density at radius 1 is 0.743 bits per heavy atom. The van der Waals surface area contributed by atoms with Crippen molar-refractivity contribution in [2.45, 2.75) is 13.8 Å². The molecule has 2 heterocycles. The van der Waals surface area contributed by atoms with Crippen LogP contribution in [0.3, 0.4) is 0 Å². The van der Waals surface area contributed by atoms with E-state index in [1.54, 1.807) is 0 Å². The van der Waals surface area contributed by atoms with Crippen LogP contribution in [0.15, 0.2) is 78.9 Å². The summed E-state index contributed by atoms with van der Waals surface area (Å²) in [6.45, 7) is 6.97. The number of hydrogen-bond donors (Lipinski definition) is 0. The van der Waals surface area contributed by atoms with Gasteiger partial charge in [0.05, 0.1) is 11.3 Å². The van der Waals surface area contributed by atoms with Gasteiger partial charge in [0.15, 0.2) is 0 Å². The highest BCUT2D eigenvalue weighted by atomic mass is 35.5. The fraction of sp³-hybridized carbons (Fsp3) is 0.207. The van der Waals surface area contributed by atoms with E-state index in [2.05, 4.69) is 46.7 Å². The molecule has 5 rings (SSSR count). The van der Waals surface area contributed by atoms with Crippen molar-refractivity contribution >= 4 is 34.8 Å². The van der Waals surface area contributed by atoms with E-state index in [1.807, 2.05) is 60.4 Å². The third-order valence-corrected chi connectivity index (χ3v) is 7.14. The number of aryl methyl sites for hydroxylation is 1. The number of nitrogens with zero attached hydrogens (tertiary/aromatic N) is 3. The zero-order valence-electron chi connectivity index (χ0n) is 19.8. The fourth-order valence-electron chi connectivity index (χ4n) is 4.69. The number of carbonyl (C=O) groups is 1. The number of carbonyl (C=O) groups excluding carboxylic acids is 1. The summed E-state index contributed by atoms with van der Waals surface area (Å²) >= 11 is 12.3. The first-order valence-corrected chi connectivity index (χ1v) is 12.5. The van der Waals surface area contributed by atoms with Crippen LogP contribution in [0.4, 0.5) is 5.69 Å². The van der Waals surface area contributed by atoms with Gasteiger partial charge in [0.25, 0.3) is 5.91 Å². The first-order valence-electron chi connectivity index (χ1n) is 11.8. The molecule has 178 valence electrons. The maximum Gasteiger partial charge on any atom is 0.255 e. The quantitative estimate of drug-likeness (QED) is 0.299. The van der Waals surface area contributed by atoms with Gasteiger partial charge in [0.2, 0.25) is 0 Å². The predicted molar refractivity (Wildman–Crippen MR) is 145 cm³/mol. The highest BCUT2D eigenvalue weighted by Crippen LogP contribution is 2.31. The molecule has 4 aromatic rings. The first-order chi connectivity index (χ1) is 16.9. The molecule has 1 aromatic heterocycles. The van der Waals surface area contributed by atoms with E-state index in [4.69, 9.17) is 23.2 Å². The predicted octanol–water partition coefficient (Wildman–Crippen LogP) is 7.03. The number of halogens is 2. The number of benzene rings is 3. The average Bonchev–Trinajstić information content (AvgIpc) is 3.21. The molecule has 3 aromatic carbocycles. The van der Waals surface area contributed by atoms with E-state index in [-0.39, 0.29) is 5.91 Å². The molecule has 1 fully saturated rings. The van der Waals surface area contributed by atoms with Gasteiger partial charge in [0, 0.05) is 53.3 Å². The topological polar surface area (TPSA) is 28.5 Å². The van der Waals surface area contributed by atoms with Crippen molar-refractivity contribution in [2.24, 2.45) is 0 Å². The van der Waals surface area contributed by atoms with Crippen molar-refractivity contribution in [2.75, 3.05) is 31.1 Å². The summed E-state index contributed by atoms with van der Waals surface area (Å²) in [5.41, 5.74) is 6.97. The molecular weight excluding hydrogens is 477 g/mol. The maximum absolute atomic E-state index is 13.7. The molecule has 35 heavy (non-hydrogen) atoms. The number of aromatic nitrogens is 1. The van der Waals surface area contributed by atoms with Gasteiger partial charge in [-0.3, -0.25) is 4.79 Å². The summed E-state index contributed by atoms with van der Waals surface area (Å²) in [5.74, 6) is 0.0642. The minimum absolute atomic E-state index is 0.0642. The molecule has 0 radical (unpaired) electrons. The molecule has 6 heteroatoms. The molecule has 0 unspecified atom stereocenters. The van der Waals surface area contributed by atoms with Gasteiger partial charge in [-0.2, -0.15) is 0 Å². The van der Waals surface area contributed by atoms with Crippen LogP contribution < -0.4 is 4.90 Å². The van der Waals surface area contributed by atoms with E-state index in [0.717, 1.165) is 52.0 Å². The van der Waals surface area contributed by atoms with Crippen molar-refractivity contribution < 1.29 is 4.79 Å². The van der Waals surface area contributed by atoms with Gasteiger partial charge >= 0.3 is 0 Å². The molecule has 1 saturated heterocycles. The Morgan fingerprint density at radius 3 is 2.09 bits per heavy atom. The SMILES string of the molecule is Cc1ccc(-n2c(-c3ccc(Cl)cc3)cc(C(=O)N3CCN(c4cccc(Cl)c4)CC3)c2C)cc1. The van der Waals surface area contributed by atoms with Crippen LogP contribution in [0.5, 0.6) is 0 Å². The number of piperazine rings is 1. The van der Waals surface area contributed by atoms with Gasteiger partial charge in [-0.15, -0.1) is 0 Å². The molecule has 1 amide bonds. The van der Waals surface area contributed by atoms with Gasteiger partial charge < -0.3 is 14.4 Å².